The molecule has 6 heteroatoms. The van der Waals surface area contributed by atoms with Crippen molar-refractivity contribution >= 4 is 28.9 Å². The van der Waals surface area contributed by atoms with Gasteiger partial charge in [0.2, 0.25) is 5.91 Å². The SMILES string of the molecule is Cc1cc(NC(=O)CCc2cccs2)c(C(=O)O)[nH]1. The predicted octanol–water partition coefficient (Wildman–Crippen LogP) is 2.65. The molecule has 0 fully saturated rings. The minimum absolute atomic E-state index is 0.0157. The third-order valence-electron chi connectivity index (χ3n) is 2.62. The van der Waals surface area contributed by atoms with Crippen LogP contribution in [0.1, 0.15) is 27.5 Å². The van der Waals surface area contributed by atoms with Gasteiger partial charge in [-0.3, -0.25) is 4.79 Å². The smallest absolute Gasteiger partial charge is 0.354 e. The van der Waals surface area contributed by atoms with E-state index < -0.39 is 5.97 Å². The van der Waals surface area contributed by atoms with Gasteiger partial charge in [-0.25, -0.2) is 4.79 Å². The van der Waals surface area contributed by atoms with Gasteiger partial charge < -0.3 is 15.4 Å². The van der Waals surface area contributed by atoms with E-state index >= 15 is 0 Å². The van der Waals surface area contributed by atoms with E-state index in [1.165, 1.54) is 0 Å². The van der Waals surface area contributed by atoms with Crippen LogP contribution in [0, 0.1) is 6.92 Å². The van der Waals surface area contributed by atoms with Crippen molar-refractivity contribution in [1.82, 2.24) is 4.98 Å². The van der Waals surface area contributed by atoms with Gasteiger partial charge in [0.05, 0.1) is 5.69 Å². The molecule has 0 aliphatic heterocycles. The molecule has 100 valence electrons. The number of amides is 1. The second kappa shape index (κ2) is 5.71. The summed E-state index contributed by atoms with van der Waals surface area (Å²) in [6.07, 6.45) is 0.999. The van der Waals surface area contributed by atoms with Gasteiger partial charge in [-0.2, -0.15) is 0 Å². The summed E-state index contributed by atoms with van der Waals surface area (Å²) in [5.74, 6) is -1.27. The Labute approximate surface area is 114 Å². The van der Waals surface area contributed by atoms with Gasteiger partial charge >= 0.3 is 5.97 Å². The Morgan fingerprint density at radius 1 is 1.47 bits per heavy atom. The highest BCUT2D eigenvalue weighted by Crippen LogP contribution is 2.18. The average Bonchev–Trinajstić information content (AvgIpc) is 2.96. The number of H-pyrrole nitrogens is 1. The maximum atomic E-state index is 11.8. The van der Waals surface area contributed by atoms with Crippen molar-refractivity contribution in [3.8, 4) is 0 Å². The van der Waals surface area contributed by atoms with Gasteiger partial charge in [0.25, 0.3) is 0 Å². The first kappa shape index (κ1) is 13.4. The van der Waals surface area contributed by atoms with E-state index in [0.29, 0.717) is 24.2 Å². The van der Waals surface area contributed by atoms with Gasteiger partial charge in [0, 0.05) is 17.0 Å². The van der Waals surface area contributed by atoms with E-state index in [0.717, 1.165) is 4.88 Å². The van der Waals surface area contributed by atoms with Crippen LogP contribution in [0.2, 0.25) is 0 Å². The molecule has 0 aliphatic carbocycles. The lowest BCUT2D eigenvalue weighted by Crippen LogP contribution is -2.14. The van der Waals surface area contributed by atoms with Gasteiger partial charge in [-0.05, 0) is 30.9 Å². The number of carboxylic acids is 1. The molecule has 0 unspecified atom stereocenters. The summed E-state index contributed by atoms with van der Waals surface area (Å²) in [5.41, 5.74) is 1.04. The van der Waals surface area contributed by atoms with Crippen LogP contribution in [0.4, 0.5) is 5.69 Å². The third-order valence-corrected chi connectivity index (χ3v) is 3.56. The normalized spacial score (nSPS) is 10.4. The highest BCUT2D eigenvalue weighted by molar-refractivity contribution is 7.09. The van der Waals surface area contributed by atoms with Crippen LogP contribution in [0.3, 0.4) is 0 Å². The zero-order valence-electron chi connectivity index (χ0n) is 10.4. The Hall–Kier alpha value is -2.08. The molecule has 0 aromatic carbocycles. The molecule has 2 aromatic heterocycles. The third kappa shape index (κ3) is 3.45. The number of thiophene rings is 1. The van der Waals surface area contributed by atoms with E-state index in [1.54, 1.807) is 24.3 Å². The first-order chi connectivity index (χ1) is 9.06. The van der Waals surface area contributed by atoms with E-state index in [9.17, 15) is 9.59 Å². The van der Waals surface area contributed by atoms with E-state index in [1.807, 2.05) is 17.5 Å². The summed E-state index contributed by atoms with van der Waals surface area (Å²) >= 11 is 1.60. The Balaban J connectivity index is 1.97. The van der Waals surface area contributed by atoms with Gasteiger partial charge in [-0.15, -0.1) is 11.3 Å². The molecule has 19 heavy (non-hydrogen) atoms. The van der Waals surface area contributed by atoms with Crippen molar-refractivity contribution in [1.29, 1.82) is 0 Å². The molecular formula is C13H14N2O3S. The maximum Gasteiger partial charge on any atom is 0.354 e. The van der Waals surface area contributed by atoms with Crippen LogP contribution in [0.25, 0.3) is 0 Å². The number of carboxylic acid groups (broad SMARTS) is 1. The molecule has 3 N–H and O–H groups in total. The quantitative estimate of drug-likeness (QED) is 0.786. The minimum Gasteiger partial charge on any atom is -0.477 e. The summed E-state index contributed by atoms with van der Waals surface area (Å²) in [4.78, 5) is 26.6. The van der Waals surface area contributed by atoms with Gasteiger partial charge in [0.15, 0.2) is 0 Å². The molecule has 0 atom stereocenters. The molecule has 2 rings (SSSR count). The first-order valence-electron chi connectivity index (χ1n) is 5.81. The van der Waals surface area contributed by atoms with E-state index in [2.05, 4.69) is 10.3 Å². The number of aromatic nitrogens is 1. The van der Waals surface area contributed by atoms with Gasteiger partial charge in [0.1, 0.15) is 5.69 Å². The molecule has 0 bridgehead atoms. The molecule has 5 nitrogen and oxygen atoms in total. The maximum absolute atomic E-state index is 11.8. The monoisotopic (exact) mass is 278 g/mol. The number of aryl methyl sites for hydroxylation is 2. The number of anilines is 1. The summed E-state index contributed by atoms with van der Waals surface area (Å²) < 4.78 is 0. The average molecular weight is 278 g/mol. The second-order valence-corrected chi connectivity index (χ2v) is 5.21. The van der Waals surface area contributed by atoms with E-state index in [4.69, 9.17) is 5.11 Å². The number of aromatic carboxylic acids is 1. The summed E-state index contributed by atoms with van der Waals surface area (Å²) in [7, 11) is 0. The van der Waals surface area contributed by atoms with Crippen molar-refractivity contribution in [2.24, 2.45) is 0 Å². The fraction of sp³-hybridized carbons (Fsp3) is 0.231. The zero-order valence-corrected chi connectivity index (χ0v) is 11.2. The lowest BCUT2D eigenvalue weighted by molar-refractivity contribution is -0.116. The zero-order chi connectivity index (χ0) is 13.8. The summed E-state index contributed by atoms with van der Waals surface area (Å²) in [6.45, 7) is 1.74. The fourth-order valence-corrected chi connectivity index (χ4v) is 2.47. The largest absolute Gasteiger partial charge is 0.477 e. The Kier molecular flexibility index (Phi) is 4.01. The molecule has 0 saturated carbocycles. The highest BCUT2D eigenvalue weighted by atomic mass is 32.1. The van der Waals surface area contributed by atoms with E-state index in [-0.39, 0.29) is 11.6 Å². The number of rotatable bonds is 5. The number of carbonyl (C=O) groups excluding carboxylic acids is 1. The first-order valence-corrected chi connectivity index (χ1v) is 6.69. The second-order valence-electron chi connectivity index (χ2n) is 4.17. The van der Waals surface area contributed by atoms with Crippen molar-refractivity contribution in [3.63, 3.8) is 0 Å². The van der Waals surface area contributed by atoms with Crippen LogP contribution in [0.15, 0.2) is 23.6 Å². The Bertz CT molecular complexity index is 587. The number of hydrogen-bond donors (Lipinski definition) is 3. The summed E-state index contributed by atoms with van der Waals surface area (Å²) in [5, 5.41) is 13.6. The van der Waals surface area contributed by atoms with Crippen molar-refractivity contribution in [2.45, 2.75) is 19.8 Å². The molecule has 2 aromatic rings. The minimum atomic E-state index is -1.08. The van der Waals surface area contributed by atoms with Crippen LogP contribution in [-0.2, 0) is 11.2 Å². The number of aromatic amines is 1. The molecule has 0 aliphatic rings. The number of nitrogens with one attached hydrogen (secondary N) is 2. The predicted molar refractivity (Wildman–Crippen MR) is 73.8 cm³/mol. The molecule has 1 amide bonds. The summed E-state index contributed by atoms with van der Waals surface area (Å²) in [6, 6.07) is 5.53. The van der Waals surface area contributed by atoms with Gasteiger partial charge in [-0.1, -0.05) is 6.07 Å². The highest BCUT2D eigenvalue weighted by Gasteiger charge is 2.15. The lowest BCUT2D eigenvalue weighted by atomic mass is 10.2. The Morgan fingerprint density at radius 3 is 2.89 bits per heavy atom. The Morgan fingerprint density at radius 2 is 2.26 bits per heavy atom. The van der Waals surface area contributed by atoms with Crippen molar-refractivity contribution in [3.05, 3.63) is 39.8 Å². The number of hydrogen-bond acceptors (Lipinski definition) is 3. The van der Waals surface area contributed by atoms with Crippen molar-refractivity contribution in [2.75, 3.05) is 5.32 Å². The molecular weight excluding hydrogens is 264 g/mol. The van der Waals surface area contributed by atoms with Crippen LogP contribution < -0.4 is 5.32 Å². The molecule has 2 heterocycles. The van der Waals surface area contributed by atoms with Crippen LogP contribution >= 0.6 is 11.3 Å². The van der Waals surface area contributed by atoms with Crippen LogP contribution in [-0.4, -0.2) is 22.0 Å². The number of carbonyl (C=O) groups is 2. The molecule has 0 spiro atoms. The molecule has 0 radical (unpaired) electrons. The topological polar surface area (TPSA) is 82.2 Å². The lowest BCUT2D eigenvalue weighted by Gasteiger charge is -2.03. The van der Waals surface area contributed by atoms with Crippen molar-refractivity contribution < 1.29 is 14.7 Å². The van der Waals surface area contributed by atoms with Crippen LogP contribution in [0.5, 0.6) is 0 Å². The fourth-order valence-electron chi connectivity index (χ4n) is 1.76. The standard InChI is InChI=1S/C13H14N2O3S/c1-8-7-10(12(14-8)13(17)18)15-11(16)5-4-9-3-2-6-19-9/h2-3,6-7,14H,4-5H2,1H3,(H,15,16)(H,17,18). The molecule has 0 saturated heterocycles.